The summed E-state index contributed by atoms with van der Waals surface area (Å²) in [5.41, 5.74) is -0.369. The second-order valence-corrected chi connectivity index (χ2v) is 4.06. The van der Waals surface area contributed by atoms with Crippen molar-refractivity contribution in [2.45, 2.75) is 24.9 Å². The Morgan fingerprint density at radius 1 is 1.42 bits per heavy atom. The molecule has 0 saturated heterocycles. The highest BCUT2D eigenvalue weighted by Gasteiger charge is 2.33. The Hall–Kier alpha value is -0.120. The molecule has 0 amide bonds. The molecule has 3 heteroatoms. The third-order valence-corrected chi connectivity index (χ3v) is 2.47. The van der Waals surface area contributed by atoms with Crippen LogP contribution in [0.25, 0.3) is 0 Å². The molecule has 0 heterocycles. The van der Waals surface area contributed by atoms with Gasteiger partial charge >= 0.3 is 0 Å². The number of likely N-dealkylation sites (N-methyl/N-ethyl adjacent to an activating group) is 1. The van der Waals surface area contributed by atoms with Gasteiger partial charge in [-0.2, -0.15) is 0 Å². The van der Waals surface area contributed by atoms with Crippen LogP contribution in [0.15, 0.2) is 0 Å². The van der Waals surface area contributed by atoms with Crippen molar-refractivity contribution in [1.29, 1.82) is 0 Å². The smallest absolute Gasteiger partial charge is 0.0771 e. The average molecular weight is 172 g/mol. The van der Waals surface area contributed by atoms with E-state index in [2.05, 4.69) is 24.3 Å². The van der Waals surface area contributed by atoms with Crippen LogP contribution in [-0.4, -0.2) is 49.3 Å². The molecule has 2 N–H and O–H groups in total. The SMILES string of the molecule is CN(C)CCNCC1(O)CCC1. The van der Waals surface area contributed by atoms with Crippen LogP contribution in [0.3, 0.4) is 0 Å². The molecule has 1 aliphatic rings. The van der Waals surface area contributed by atoms with Crippen LogP contribution in [0.4, 0.5) is 0 Å². The van der Waals surface area contributed by atoms with Gasteiger partial charge in [-0.1, -0.05) is 0 Å². The fourth-order valence-electron chi connectivity index (χ4n) is 1.39. The Balaban J connectivity index is 1.95. The molecule has 12 heavy (non-hydrogen) atoms. The van der Waals surface area contributed by atoms with Gasteiger partial charge < -0.3 is 15.3 Å². The molecule has 0 aromatic heterocycles. The first-order valence-electron chi connectivity index (χ1n) is 4.70. The van der Waals surface area contributed by atoms with Crippen LogP contribution in [0.5, 0.6) is 0 Å². The molecule has 0 bridgehead atoms. The van der Waals surface area contributed by atoms with E-state index >= 15 is 0 Å². The highest BCUT2D eigenvalue weighted by Crippen LogP contribution is 2.30. The second kappa shape index (κ2) is 4.21. The van der Waals surface area contributed by atoms with E-state index in [1.807, 2.05) is 0 Å². The standard InChI is InChI=1S/C9H20N2O/c1-11(2)7-6-10-8-9(12)4-3-5-9/h10,12H,3-8H2,1-2H3. The summed E-state index contributed by atoms with van der Waals surface area (Å²) in [6, 6.07) is 0. The molecular weight excluding hydrogens is 152 g/mol. The van der Waals surface area contributed by atoms with E-state index in [9.17, 15) is 5.11 Å². The van der Waals surface area contributed by atoms with Crippen LogP contribution >= 0.6 is 0 Å². The summed E-state index contributed by atoms with van der Waals surface area (Å²) in [6.45, 7) is 2.77. The van der Waals surface area contributed by atoms with Crippen molar-refractivity contribution in [3.63, 3.8) is 0 Å². The number of aliphatic hydroxyl groups is 1. The van der Waals surface area contributed by atoms with Crippen molar-refractivity contribution in [3.8, 4) is 0 Å². The van der Waals surface area contributed by atoms with Crippen molar-refractivity contribution in [3.05, 3.63) is 0 Å². The molecule has 0 unspecified atom stereocenters. The van der Waals surface area contributed by atoms with Crippen LogP contribution in [-0.2, 0) is 0 Å². The molecule has 1 saturated carbocycles. The van der Waals surface area contributed by atoms with E-state index in [4.69, 9.17) is 0 Å². The summed E-state index contributed by atoms with van der Waals surface area (Å²) in [6.07, 6.45) is 3.13. The maximum atomic E-state index is 9.70. The van der Waals surface area contributed by atoms with Gasteiger partial charge in [0.2, 0.25) is 0 Å². The van der Waals surface area contributed by atoms with Gasteiger partial charge in [0.1, 0.15) is 0 Å². The summed E-state index contributed by atoms with van der Waals surface area (Å²) in [5, 5.41) is 13.0. The van der Waals surface area contributed by atoms with E-state index in [0.717, 1.165) is 32.5 Å². The highest BCUT2D eigenvalue weighted by molar-refractivity contribution is 4.89. The normalized spacial score (nSPS) is 21.0. The summed E-state index contributed by atoms with van der Waals surface area (Å²) >= 11 is 0. The van der Waals surface area contributed by atoms with Gasteiger partial charge in [-0.3, -0.25) is 0 Å². The van der Waals surface area contributed by atoms with Gasteiger partial charge in [-0.25, -0.2) is 0 Å². The lowest BCUT2D eigenvalue weighted by molar-refractivity contribution is -0.0312. The first-order valence-corrected chi connectivity index (χ1v) is 4.70. The molecule has 0 aliphatic heterocycles. The van der Waals surface area contributed by atoms with E-state index in [-0.39, 0.29) is 5.60 Å². The van der Waals surface area contributed by atoms with Crippen molar-refractivity contribution in [2.75, 3.05) is 33.7 Å². The molecule has 0 aromatic rings. The Morgan fingerprint density at radius 2 is 2.08 bits per heavy atom. The Kier molecular flexibility index (Phi) is 3.50. The minimum atomic E-state index is -0.369. The topological polar surface area (TPSA) is 35.5 Å². The van der Waals surface area contributed by atoms with E-state index in [1.165, 1.54) is 6.42 Å². The fourth-order valence-corrected chi connectivity index (χ4v) is 1.39. The number of rotatable bonds is 5. The Labute approximate surface area is 74.8 Å². The minimum absolute atomic E-state index is 0.369. The summed E-state index contributed by atoms with van der Waals surface area (Å²) in [7, 11) is 4.11. The van der Waals surface area contributed by atoms with Gasteiger partial charge in [0.05, 0.1) is 5.60 Å². The van der Waals surface area contributed by atoms with Crippen molar-refractivity contribution >= 4 is 0 Å². The van der Waals surface area contributed by atoms with E-state index in [1.54, 1.807) is 0 Å². The predicted octanol–water partition coefficient (Wildman–Crippen LogP) is 0.0526. The lowest BCUT2D eigenvalue weighted by Crippen LogP contribution is -2.47. The van der Waals surface area contributed by atoms with Crippen molar-refractivity contribution in [2.24, 2.45) is 0 Å². The molecular formula is C9H20N2O. The van der Waals surface area contributed by atoms with Gasteiger partial charge in [0, 0.05) is 19.6 Å². The predicted molar refractivity (Wildman–Crippen MR) is 50.2 cm³/mol. The lowest BCUT2D eigenvalue weighted by Gasteiger charge is -2.36. The molecule has 0 aromatic carbocycles. The quantitative estimate of drug-likeness (QED) is 0.575. The Bertz CT molecular complexity index is 132. The first kappa shape index (κ1) is 9.96. The second-order valence-electron chi connectivity index (χ2n) is 4.06. The third-order valence-electron chi connectivity index (χ3n) is 2.47. The van der Waals surface area contributed by atoms with Crippen LogP contribution in [0.1, 0.15) is 19.3 Å². The first-order chi connectivity index (χ1) is 5.62. The monoisotopic (exact) mass is 172 g/mol. The lowest BCUT2D eigenvalue weighted by atomic mass is 9.80. The van der Waals surface area contributed by atoms with Crippen LogP contribution in [0.2, 0.25) is 0 Å². The molecule has 1 rings (SSSR count). The largest absolute Gasteiger partial charge is 0.389 e. The van der Waals surface area contributed by atoms with Gasteiger partial charge in [-0.15, -0.1) is 0 Å². The Morgan fingerprint density at radius 3 is 2.50 bits per heavy atom. The highest BCUT2D eigenvalue weighted by atomic mass is 16.3. The molecule has 0 spiro atoms. The van der Waals surface area contributed by atoms with Crippen LogP contribution in [0, 0.1) is 0 Å². The molecule has 0 radical (unpaired) electrons. The summed E-state index contributed by atoms with van der Waals surface area (Å²) in [4.78, 5) is 2.14. The molecule has 3 nitrogen and oxygen atoms in total. The van der Waals surface area contributed by atoms with Gasteiger partial charge in [0.25, 0.3) is 0 Å². The average Bonchev–Trinajstić information content (AvgIpc) is 1.94. The van der Waals surface area contributed by atoms with Gasteiger partial charge in [-0.05, 0) is 33.4 Å². The number of hydrogen-bond donors (Lipinski definition) is 2. The number of nitrogens with zero attached hydrogens (tertiary/aromatic N) is 1. The van der Waals surface area contributed by atoms with E-state index < -0.39 is 0 Å². The number of nitrogens with one attached hydrogen (secondary N) is 1. The summed E-state index contributed by atoms with van der Waals surface area (Å²) < 4.78 is 0. The molecule has 0 atom stereocenters. The molecule has 1 fully saturated rings. The zero-order valence-corrected chi connectivity index (χ0v) is 8.14. The maximum Gasteiger partial charge on any atom is 0.0771 e. The number of hydrogen-bond acceptors (Lipinski definition) is 3. The summed E-state index contributed by atoms with van der Waals surface area (Å²) in [5.74, 6) is 0. The zero-order chi connectivity index (χ0) is 9.03. The maximum absolute atomic E-state index is 9.70. The van der Waals surface area contributed by atoms with Crippen LogP contribution < -0.4 is 5.32 Å². The minimum Gasteiger partial charge on any atom is -0.389 e. The molecule has 1 aliphatic carbocycles. The van der Waals surface area contributed by atoms with Crippen molar-refractivity contribution < 1.29 is 5.11 Å². The van der Waals surface area contributed by atoms with Crippen molar-refractivity contribution in [1.82, 2.24) is 10.2 Å². The van der Waals surface area contributed by atoms with Gasteiger partial charge in [0.15, 0.2) is 0 Å². The third kappa shape index (κ3) is 3.09. The zero-order valence-electron chi connectivity index (χ0n) is 8.14. The van der Waals surface area contributed by atoms with E-state index in [0.29, 0.717) is 0 Å². The fraction of sp³-hybridized carbons (Fsp3) is 1.00. The molecule has 72 valence electrons.